The largest absolute Gasteiger partial charge is 0.314 e. The lowest BCUT2D eigenvalue weighted by atomic mass is 9.82. The van der Waals surface area contributed by atoms with Gasteiger partial charge in [-0.2, -0.15) is 11.3 Å². The zero-order valence-electron chi connectivity index (χ0n) is 9.84. The predicted molar refractivity (Wildman–Crippen MR) is 75.3 cm³/mol. The summed E-state index contributed by atoms with van der Waals surface area (Å²) in [6.45, 7) is 3.41. The Hall–Kier alpha value is 0.140. The lowest BCUT2D eigenvalue weighted by molar-refractivity contribution is 0.340. The van der Waals surface area contributed by atoms with Crippen LogP contribution in [0.15, 0.2) is 15.2 Å². The minimum absolute atomic E-state index is 0.741. The van der Waals surface area contributed by atoms with E-state index in [1.807, 2.05) is 11.3 Å². The summed E-state index contributed by atoms with van der Waals surface area (Å²) in [5, 5.41) is 8.19. The molecule has 1 N–H and O–H groups in total. The lowest BCUT2D eigenvalue weighted by Crippen LogP contribution is -2.33. The molecule has 2 rings (SSSR count). The van der Waals surface area contributed by atoms with Crippen LogP contribution in [-0.2, 0) is 0 Å². The first-order valence-electron chi connectivity index (χ1n) is 6.26. The van der Waals surface area contributed by atoms with Crippen molar-refractivity contribution in [3.63, 3.8) is 0 Å². The van der Waals surface area contributed by atoms with E-state index in [4.69, 9.17) is 0 Å². The molecule has 0 bridgehead atoms. The number of rotatable bonds is 4. The van der Waals surface area contributed by atoms with Crippen molar-refractivity contribution in [3.8, 4) is 0 Å². The van der Waals surface area contributed by atoms with Crippen LogP contribution in [0.4, 0.5) is 0 Å². The lowest BCUT2D eigenvalue weighted by Gasteiger charge is -2.30. The second kappa shape index (κ2) is 6.18. The Labute approximate surface area is 111 Å². The van der Waals surface area contributed by atoms with Gasteiger partial charge in [0.15, 0.2) is 0 Å². The summed E-state index contributed by atoms with van der Waals surface area (Å²) >= 11 is 5.48. The topological polar surface area (TPSA) is 12.0 Å². The first-order chi connectivity index (χ1) is 7.81. The highest BCUT2D eigenvalue weighted by Crippen LogP contribution is 2.38. The van der Waals surface area contributed by atoms with E-state index in [-0.39, 0.29) is 0 Å². The molecule has 16 heavy (non-hydrogen) atoms. The van der Waals surface area contributed by atoms with Crippen molar-refractivity contribution in [3.05, 3.63) is 20.8 Å². The molecule has 1 aliphatic carbocycles. The van der Waals surface area contributed by atoms with Crippen LogP contribution < -0.4 is 5.32 Å². The van der Waals surface area contributed by atoms with Gasteiger partial charge >= 0.3 is 0 Å². The third-order valence-electron chi connectivity index (χ3n) is 3.44. The molecule has 0 saturated heterocycles. The summed E-state index contributed by atoms with van der Waals surface area (Å²) in [7, 11) is 0. The quantitative estimate of drug-likeness (QED) is 0.861. The fourth-order valence-electron chi connectivity index (χ4n) is 2.59. The molecular weight excluding hydrogens is 282 g/mol. The molecule has 1 saturated carbocycles. The van der Waals surface area contributed by atoms with Crippen molar-refractivity contribution in [2.24, 2.45) is 0 Å². The van der Waals surface area contributed by atoms with E-state index >= 15 is 0 Å². The average molecular weight is 302 g/mol. The van der Waals surface area contributed by atoms with Crippen molar-refractivity contribution >= 4 is 27.3 Å². The van der Waals surface area contributed by atoms with Crippen LogP contribution >= 0.6 is 27.3 Å². The highest BCUT2D eigenvalue weighted by atomic mass is 79.9. The van der Waals surface area contributed by atoms with Crippen molar-refractivity contribution < 1.29 is 0 Å². The van der Waals surface area contributed by atoms with Gasteiger partial charge in [0, 0.05) is 15.9 Å². The highest BCUT2D eigenvalue weighted by Gasteiger charge is 2.24. The van der Waals surface area contributed by atoms with Gasteiger partial charge in [-0.1, -0.05) is 13.3 Å². The van der Waals surface area contributed by atoms with Gasteiger partial charge in [-0.25, -0.2) is 0 Å². The van der Waals surface area contributed by atoms with Crippen molar-refractivity contribution in [1.29, 1.82) is 0 Å². The smallest absolute Gasteiger partial charge is 0.0317 e. The minimum atomic E-state index is 0.741. The molecule has 1 fully saturated rings. The number of thiophene rings is 1. The molecule has 1 aromatic heterocycles. The molecule has 0 spiro atoms. The van der Waals surface area contributed by atoms with E-state index < -0.39 is 0 Å². The average Bonchev–Trinajstić information content (AvgIpc) is 2.73. The van der Waals surface area contributed by atoms with Crippen molar-refractivity contribution in [2.45, 2.75) is 51.0 Å². The zero-order chi connectivity index (χ0) is 11.4. The molecule has 0 radical (unpaired) electrons. The highest BCUT2D eigenvalue weighted by molar-refractivity contribution is 9.10. The Balaban J connectivity index is 1.94. The predicted octanol–water partition coefficient (Wildman–Crippen LogP) is 4.54. The van der Waals surface area contributed by atoms with E-state index in [2.05, 4.69) is 38.9 Å². The zero-order valence-corrected chi connectivity index (χ0v) is 12.2. The van der Waals surface area contributed by atoms with Crippen LogP contribution in [0.2, 0.25) is 0 Å². The number of nitrogens with one attached hydrogen (secondary N) is 1. The first-order valence-corrected chi connectivity index (χ1v) is 7.99. The maximum absolute atomic E-state index is 3.67. The van der Waals surface area contributed by atoms with E-state index in [0.717, 1.165) is 12.0 Å². The fourth-order valence-corrected chi connectivity index (χ4v) is 4.29. The third-order valence-corrected chi connectivity index (χ3v) is 5.19. The van der Waals surface area contributed by atoms with Crippen LogP contribution in [0.3, 0.4) is 0 Å². The second-order valence-corrected chi connectivity index (χ2v) is 6.29. The van der Waals surface area contributed by atoms with E-state index in [9.17, 15) is 0 Å². The first kappa shape index (κ1) is 12.6. The molecule has 1 aliphatic rings. The second-order valence-electron chi connectivity index (χ2n) is 4.69. The Morgan fingerprint density at radius 3 is 3.00 bits per heavy atom. The van der Waals surface area contributed by atoms with E-state index in [1.54, 1.807) is 0 Å². The summed E-state index contributed by atoms with van der Waals surface area (Å²) in [6, 6.07) is 0.741. The van der Waals surface area contributed by atoms with Gasteiger partial charge in [-0.05, 0) is 65.0 Å². The number of halogens is 1. The molecule has 0 aliphatic heterocycles. The molecule has 1 nitrogen and oxygen atoms in total. The standard InChI is InChI=1S/C13H20BrNS/c1-2-6-15-11-5-3-4-10(7-11)12-8-16-9-13(12)14/h8-11,15H,2-7H2,1H3. The molecule has 1 aromatic rings. The summed E-state index contributed by atoms with van der Waals surface area (Å²) in [4.78, 5) is 0. The summed E-state index contributed by atoms with van der Waals surface area (Å²) in [5.41, 5.74) is 1.54. The Morgan fingerprint density at radius 2 is 2.31 bits per heavy atom. The Morgan fingerprint density at radius 1 is 1.44 bits per heavy atom. The van der Waals surface area contributed by atoms with Gasteiger partial charge in [0.2, 0.25) is 0 Å². The normalized spacial score (nSPS) is 25.9. The molecule has 0 amide bonds. The van der Waals surface area contributed by atoms with Gasteiger partial charge in [0.25, 0.3) is 0 Å². The maximum Gasteiger partial charge on any atom is 0.0317 e. The Kier molecular flexibility index (Phi) is 4.86. The van der Waals surface area contributed by atoms with Gasteiger partial charge in [-0.3, -0.25) is 0 Å². The third kappa shape index (κ3) is 3.08. The van der Waals surface area contributed by atoms with Crippen LogP contribution in [0, 0.1) is 0 Å². The molecule has 0 aromatic carbocycles. The van der Waals surface area contributed by atoms with Gasteiger partial charge in [0.1, 0.15) is 0 Å². The van der Waals surface area contributed by atoms with Gasteiger partial charge < -0.3 is 5.32 Å². The van der Waals surface area contributed by atoms with Crippen LogP contribution in [0.25, 0.3) is 0 Å². The van der Waals surface area contributed by atoms with Gasteiger partial charge in [-0.15, -0.1) is 0 Å². The van der Waals surface area contributed by atoms with Crippen LogP contribution in [0.5, 0.6) is 0 Å². The molecular formula is C13H20BrNS. The summed E-state index contributed by atoms with van der Waals surface area (Å²) in [6.07, 6.45) is 6.64. The SMILES string of the molecule is CCCNC1CCCC(c2cscc2Br)C1. The molecule has 1 heterocycles. The summed E-state index contributed by atoms with van der Waals surface area (Å²) in [5.74, 6) is 0.767. The molecule has 90 valence electrons. The minimum Gasteiger partial charge on any atom is -0.314 e. The van der Waals surface area contributed by atoms with E-state index in [0.29, 0.717) is 0 Å². The van der Waals surface area contributed by atoms with Gasteiger partial charge in [0.05, 0.1) is 0 Å². The van der Waals surface area contributed by atoms with Crippen LogP contribution in [-0.4, -0.2) is 12.6 Å². The number of hydrogen-bond acceptors (Lipinski definition) is 2. The maximum atomic E-state index is 3.67. The summed E-state index contributed by atoms with van der Waals surface area (Å²) < 4.78 is 1.32. The van der Waals surface area contributed by atoms with E-state index in [1.165, 1.54) is 48.7 Å². The molecule has 2 atom stereocenters. The van der Waals surface area contributed by atoms with Crippen molar-refractivity contribution in [1.82, 2.24) is 5.32 Å². The van der Waals surface area contributed by atoms with Crippen LogP contribution in [0.1, 0.15) is 50.5 Å². The monoisotopic (exact) mass is 301 g/mol. The number of hydrogen-bond donors (Lipinski definition) is 1. The van der Waals surface area contributed by atoms with Crippen molar-refractivity contribution in [2.75, 3.05) is 6.54 Å². The molecule has 2 unspecified atom stereocenters. The molecule has 3 heteroatoms. The fraction of sp³-hybridized carbons (Fsp3) is 0.692. The Bertz CT molecular complexity index is 323.